The minimum atomic E-state index is -0.232. The molecule has 0 radical (unpaired) electrons. The van der Waals surface area contributed by atoms with E-state index in [1.165, 1.54) is 11.0 Å². The van der Waals surface area contributed by atoms with Crippen molar-refractivity contribution in [1.29, 1.82) is 0 Å². The van der Waals surface area contributed by atoms with Crippen molar-refractivity contribution in [3.8, 4) is 5.75 Å². The van der Waals surface area contributed by atoms with Gasteiger partial charge in [-0.25, -0.2) is 0 Å². The SMILES string of the molecule is Cc1cc(C(=O)N(C/C(N)=N/O)C(C)C)ccc1O. The van der Waals surface area contributed by atoms with Gasteiger partial charge < -0.3 is 20.9 Å². The second kappa shape index (κ2) is 6.08. The number of hydrogen-bond acceptors (Lipinski definition) is 4. The van der Waals surface area contributed by atoms with E-state index >= 15 is 0 Å². The maximum absolute atomic E-state index is 12.4. The quantitative estimate of drug-likeness (QED) is 0.330. The van der Waals surface area contributed by atoms with Crippen LogP contribution in [0.15, 0.2) is 23.4 Å². The molecule has 104 valence electrons. The number of nitrogens with zero attached hydrogens (tertiary/aromatic N) is 2. The van der Waals surface area contributed by atoms with Gasteiger partial charge in [0.2, 0.25) is 0 Å². The molecule has 0 atom stereocenters. The molecule has 0 heterocycles. The van der Waals surface area contributed by atoms with E-state index in [9.17, 15) is 9.90 Å². The Bertz CT molecular complexity index is 498. The van der Waals surface area contributed by atoms with Crippen LogP contribution >= 0.6 is 0 Å². The molecule has 19 heavy (non-hydrogen) atoms. The molecular weight excluding hydrogens is 246 g/mol. The maximum Gasteiger partial charge on any atom is 0.254 e. The van der Waals surface area contributed by atoms with E-state index in [0.29, 0.717) is 11.1 Å². The summed E-state index contributed by atoms with van der Waals surface area (Å²) in [4.78, 5) is 13.8. The van der Waals surface area contributed by atoms with Crippen LogP contribution in [0.25, 0.3) is 0 Å². The number of hydrogen-bond donors (Lipinski definition) is 3. The lowest BCUT2D eigenvalue weighted by atomic mass is 10.1. The number of nitrogens with two attached hydrogens (primary N) is 1. The number of benzene rings is 1. The molecule has 0 saturated carbocycles. The second-order valence-corrected chi connectivity index (χ2v) is 4.62. The van der Waals surface area contributed by atoms with Crippen molar-refractivity contribution in [2.75, 3.05) is 6.54 Å². The lowest BCUT2D eigenvalue weighted by molar-refractivity contribution is 0.0734. The van der Waals surface area contributed by atoms with Crippen LogP contribution in [-0.4, -0.2) is 39.5 Å². The van der Waals surface area contributed by atoms with Gasteiger partial charge in [0, 0.05) is 11.6 Å². The number of amidine groups is 1. The van der Waals surface area contributed by atoms with Crippen LogP contribution in [0.3, 0.4) is 0 Å². The fourth-order valence-electron chi connectivity index (χ4n) is 1.65. The number of carbonyl (C=O) groups excluding carboxylic acids is 1. The molecule has 1 aromatic rings. The predicted molar refractivity (Wildman–Crippen MR) is 72.4 cm³/mol. The normalized spacial score (nSPS) is 11.7. The van der Waals surface area contributed by atoms with Gasteiger partial charge in [0.25, 0.3) is 5.91 Å². The summed E-state index contributed by atoms with van der Waals surface area (Å²) in [5, 5.41) is 20.9. The third-order valence-electron chi connectivity index (χ3n) is 2.79. The Morgan fingerprint density at radius 2 is 2.11 bits per heavy atom. The molecule has 4 N–H and O–H groups in total. The number of amides is 1. The highest BCUT2D eigenvalue weighted by molar-refractivity contribution is 5.97. The molecule has 0 aliphatic rings. The van der Waals surface area contributed by atoms with Crippen molar-refractivity contribution in [2.45, 2.75) is 26.8 Å². The van der Waals surface area contributed by atoms with Crippen LogP contribution < -0.4 is 5.73 Å². The molecule has 1 rings (SSSR count). The van der Waals surface area contributed by atoms with Crippen molar-refractivity contribution in [3.63, 3.8) is 0 Å². The van der Waals surface area contributed by atoms with Crippen LogP contribution in [0, 0.1) is 6.92 Å². The molecular formula is C13H19N3O3. The molecule has 1 amide bonds. The van der Waals surface area contributed by atoms with Gasteiger partial charge in [-0.15, -0.1) is 0 Å². The number of oxime groups is 1. The maximum atomic E-state index is 12.4. The van der Waals surface area contributed by atoms with E-state index in [-0.39, 0.29) is 30.1 Å². The van der Waals surface area contributed by atoms with Gasteiger partial charge in [0.1, 0.15) is 5.75 Å². The lowest BCUT2D eigenvalue weighted by Gasteiger charge is -2.26. The Balaban J connectivity index is 3.02. The molecule has 0 unspecified atom stereocenters. The van der Waals surface area contributed by atoms with Crippen molar-refractivity contribution < 1.29 is 15.1 Å². The first-order valence-corrected chi connectivity index (χ1v) is 5.93. The first kappa shape index (κ1) is 14.8. The fraction of sp³-hybridized carbons (Fsp3) is 0.385. The first-order chi connectivity index (χ1) is 8.86. The Labute approximate surface area is 112 Å². The average Bonchev–Trinajstić information content (AvgIpc) is 2.37. The number of aromatic hydroxyl groups is 1. The summed E-state index contributed by atoms with van der Waals surface area (Å²) in [6.07, 6.45) is 0. The standard InChI is InChI=1S/C13H19N3O3/c1-8(2)16(7-12(14)15-19)13(18)10-4-5-11(17)9(3)6-10/h4-6,8,17,19H,7H2,1-3H3,(H2,14,15). The monoisotopic (exact) mass is 265 g/mol. The van der Waals surface area contributed by atoms with Gasteiger partial charge >= 0.3 is 0 Å². The molecule has 6 heteroatoms. The second-order valence-electron chi connectivity index (χ2n) is 4.62. The van der Waals surface area contributed by atoms with Crippen LogP contribution in [0.2, 0.25) is 0 Å². The summed E-state index contributed by atoms with van der Waals surface area (Å²) in [7, 11) is 0. The molecule has 0 aromatic heterocycles. The summed E-state index contributed by atoms with van der Waals surface area (Å²) in [5.74, 6) is -0.119. The van der Waals surface area contributed by atoms with E-state index in [1.54, 1.807) is 19.1 Å². The zero-order valence-electron chi connectivity index (χ0n) is 11.3. The topological polar surface area (TPSA) is 99.2 Å². The Kier molecular flexibility index (Phi) is 4.74. The van der Waals surface area contributed by atoms with Gasteiger partial charge in [0.15, 0.2) is 5.84 Å². The fourth-order valence-corrected chi connectivity index (χ4v) is 1.65. The molecule has 1 aromatic carbocycles. The van der Waals surface area contributed by atoms with Crippen molar-refractivity contribution in [1.82, 2.24) is 4.90 Å². The largest absolute Gasteiger partial charge is 0.508 e. The first-order valence-electron chi connectivity index (χ1n) is 5.93. The minimum absolute atomic E-state index is 0.0300. The van der Waals surface area contributed by atoms with Crippen LogP contribution in [0.1, 0.15) is 29.8 Å². The van der Waals surface area contributed by atoms with Gasteiger partial charge in [-0.05, 0) is 44.5 Å². The van der Waals surface area contributed by atoms with Crippen molar-refractivity contribution >= 4 is 11.7 Å². The average molecular weight is 265 g/mol. The molecule has 0 spiro atoms. The lowest BCUT2D eigenvalue weighted by Crippen LogP contribution is -2.42. The summed E-state index contributed by atoms with van der Waals surface area (Å²) in [6.45, 7) is 5.45. The smallest absolute Gasteiger partial charge is 0.254 e. The van der Waals surface area contributed by atoms with E-state index in [0.717, 1.165) is 0 Å². The third-order valence-corrected chi connectivity index (χ3v) is 2.79. The molecule has 0 aliphatic carbocycles. The number of phenols is 1. The number of aryl methyl sites for hydroxylation is 1. The van der Waals surface area contributed by atoms with Crippen LogP contribution in [-0.2, 0) is 0 Å². The summed E-state index contributed by atoms with van der Waals surface area (Å²) in [5.41, 5.74) is 6.52. The predicted octanol–water partition coefficient (Wildman–Crippen LogP) is 1.30. The molecule has 0 saturated heterocycles. The Morgan fingerprint density at radius 1 is 1.47 bits per heavy atom. The Morgan fingerprint density at radius 3 is 2.58 bits per heavy atom. The molecule has 0 bridgehead atoms. The minimum Gasteiger partial charge on any atom is -0.508 e. The van der Waals surface area contributed by atoms with Gasteiger partial charge in [0.05, 0.1) is 6.54 Å². The van der Waals surface area contributed by atoms with Crippen molar-refractivity contribution in [3.05, 3.63) is 29.3 Å². The summed E-state index contributed by atoms with van der Waals surface area (Å²) >= 11 is 0. The van der Waals surface area contributed by atoms with Gasteiger partial charge in [-0.3, -0.25) is 4.79 Å². The van der Waals surface area contributed by atoms with E-state index in [2.05, 4.69) is 5.16 Å². The number of rotatable bonds is 4. The highest BCUT2D eigenvalue weighted by Crippen LogP contribution is 2.18. The van der Waals surface area contributed by atoms with Gasteiger partial charge in [-0.2, -0.15) is 0 Å². The molecule has 6 nitrogen and oxygen atoms in total. The molecule has 0 fully saturated rings. The number of carbonyl (C=O) groups is 1. The zero-order chi connectivity index (χ0) is 14.6. The van der Waals surface area contributed by atoms with E-state index in [4.69, 9.17) is 10.9 Å². The molecule has 0 aliphatic heterocycles. The third kappa shape index (κ3) is 3.61. The van der Waals surface area contributed by atoms with E-state index < -0.39 is 0 Å². The highest BCUT2D eigenvalue weighted by Gasteiger charge is 2.20. The van der Waals surface area contributed by atoms with E-state index in [1.807, 2.05) is 13.8 Å². The van der Waals surface area contributed by atoms with Gasteiger partial charge in [-0.1, -0.05) is 5.16 Å². The van der Waals surface area contributed by atoms with Crippen molar-refractivity contribution in [2.24, 2.45) is 10.9 Å². The Hall–Kier alpha value is -2.24. The number of phenolic OH excluding ortho intramolecular Hbond substituents is 1. The van der Waals surface area contributed by atoms with Crippen LogP contribution in [0.4, 0.5) is 0 Å². The summed E-state index contributed by atoms with van der Waals surface area (Å²) in [6, 6.07) is 4.54. The highest BCUT2D eigenvalue weighted by atomic mass is 16.4. The van der Waals surface area contributed by atoms with Crippen LogP contribution in [0.5, 0.6) is 5.75 Å². The summed E-state index contributed by atoms with van der Waals surface area (Å²) < 4.78 is 0. The zero-order valence-corrected chi connectivity index (χ0v) is 11.3.